The highest BCUT2D eigenvalue weighted by molar-refractivity contribution is 5.79. The highest BCUT2D eigenvalue weighted by Crippen LogP contribution is 2.11. The van der Waals surface area contributed by atoms with Crippen molar-refractivity contribution in [3.05, 3.63) is 77.0 Å². The molecular weight excluding hydrogens is 367 g/mol. The smallest absolute Gasteiger partial charge is 0.191 e. The van der Waals surface area contributed by atoms with Gasteiger partial charge in [0.05, 0.1) is 12.2 Å². The first-order valence-electron chi connectivity index (χ1n) is 9.81. The van der Waals surface area contributed by atoms with Crippen molar-refractivity contribution in [3.63, 3.8) is 0 Å². The van der Waals surface area contributed by atoms with Gasteiger partial charge in [-0.15, -0.1) is 0 Å². The molecule has 0 radical (unpaired) electrons. The largest absolute Gasteiger partial charge is 0.357 e. The van der Waals surface area contributed by atoms with Crippen molar-refractivity contribution in [1.82, 2.24) is 25.4 Å². The summed E-state index contributed by atoms with van der Waals surface area (Å²) in [6.07, 6.45) is 2.41. The molecule has 29 heavy (non-hydrogen) atoms. The molecule has 0 atom stereocenters. The average molecular weight is 394 g/mol. The first-order chi connectivity index (χ1) is 14.1. The van der Waals surface area contributed by atoms with Crippen LogP contribution in [0.4, 0.5) is 4.39 Å². The summed E-state index contributed by atoms with van der Waals surface area (Å²) >= 11 is 0. The van der Waals surface area contributed by atoms with Gasteiger partial charge in [-0.05, 0) is 56.5 Å². The van der Waals surface area contributed by atoms with Crippen molar-refractivity contribution in [2.45, 2.75) is 33.7 Å². The summed E-state index contributed by atoms with van der Waals surface area (Å²) in [4.78, 5) is 9.11. The SMILES string of the molecule is CCNC(=NCc1ccc(-n2nc(C)cc2C)nc1)NCCc1ccccc1F. The van der Waals surface area contributed by atoms with Gasteiger partial charge < -0.3 is 10.6 Å². The van der Waals surface area contributed by atoms with Gasteiger partial charge in [-0.2, -0.15) is 5.10 Å². The zero-order chi connectivity index (χ0) is 20.6. The molecule has 3 rings (SSSR count). The fourth-order valence-corrected chi connectivity index (χ4v) is 3.03. The summed E-state index contributed by atoms with van der Waals surface area (Å²) in [6.45, 7) is 7.84. The van der Waals surface area contributed by atoms with Gasteiger partial charge in [0.15, 0.2) is 11.8 Å². The van der Waals surface area contributed by atoms with Crippen LogP contribution in [0.1, 0.15) is 29.4 Å². The van der Waals surface area contributed by atoms with E-state index in [0.29, 0.717) is 31.0 Å². The fourth-order valence-electron chi connectivity index (χ4n) is 3.03. The number of guanidine groups is 1. The van der Waals surface area contributed by atoms with Crippen LogP contribution in [0.5, 0.6) is 0 Å². The summed E-state index contributed by atoms with van der Waals surface area (Å²) < 4.78 is 15.6. The molecule has 2 aromatic heterocycles. The van der Waals surface area contributed by atoms with Crippen LogP contribution in [0, 0.1) is 19.7 Å². The quantitative estimate of drug-likeness (QED) is 0.477. The molecule has 0 aliphatic carbocycles. The highest BCUT2D eigenvalue weighted by Gasteiger charge is 2.05. The van der Waals surface area contributed by atoms with E-state index < -0.39 is 0 Å². The molecule has 0 spiro atoms. The lowest BCUT2D eigenvalue weighted by Gasteiger charge is -2.11. The number of aryl methyl sites for hydroxylation is 2. The molecule has 0 aliphatic heterocycles. The Morgan fingerprint density at radius 1 is 1.14 bits per heavy atom. The molecule has 0 fully saturated rings. The Morgan fingerprint density at radius 2 is 1.97 bits per heavy atom. The molecule has 0 saturated carbocycles. The molecular formula is C22H27FN6. The molecule has 0 bridgehead atoms. The highest BCUT2D eigenvalue weighted by atomic mass is 19.1. The van der Waals surface area contributed by atoms with Gasteiger partial charge >= 0.3 is 0 Å². The Bertz CT molecular complexity index is 962. The monoisotopic (exact) mass is 394 g/mol. The first kappa shape index (κ1) is 20.5. The third-order valence-electron chi connectivity index (χ3n) is 4.44. The Labute approximate surface area is 170 Å². The van der Waals surface area contributed by atoms with Crippen LogP contribution in [0.3, 0.4) is 0 Å². The molecule has 0 unspecified atom stereocenters. The van der Waals surface area contributed by atoms with Crippen LogP contribution in [-0.4, -0.2) is 33.8 Å². The molecule has 7 heteroatoms. The van der Waals surface area contributed by atoms with E-state index in [9.17, 15) is 4.39 Å². The second-order valence-corrected chi connectivity index (χ2v) is 6.83. The summed E-state index contributed by atoms with van der Waals surface area (Å²) in [5, 5.41) is 10.9. The number of nitrogens with zero attached hydrogens (tertiary/aromatic N) is 4. The van der Waals surface area contributed by atoms with Gasteiger partial charge in [0, 0.05) is 25.0 Å². The maximum atomic E-state index is 13.7. The zero-order valence-electron chi connectivity index (χ0n) is 17.1. The number of benzene rings is 1. The number of hydrogen-bond acceptors (Lipinski definition) is 3. The van der Waals surface area contributed by atoms with Crippen molar-refractivity contribution in [1.29, 1.82) is 0 Å². The van der Waals surface area contributed by atoms with Gasteiger partial charge in [0.25, 0.3) is 0 Å². The summed E-state index contributed by atoms with van der Waals surface area (Å²) in [5.41, 5.74) is 3.71. The minimum atomic E-state index is -0.176. The maximum absolute atomic E-state index is 13.7. The predicted octanol–water partition coefficient (Wildman–Crippen LogP) is 3.32. The fraction of sp³-hybridized carbons (Fsp3) is 0.318. The Kier molecular flexibility index (Phi) is 6.94. The molecule has 152 valence electrons. The zero-order valence-corrected chi connectivity index (χ0v) is 17.1. The lowest BCUT2D eigenvalue weighted by atomic mass is 10.1. The van der Waals surface area contributed by atoms with Crippen molar-refractivity contribution >= 4 is 5.96 Å². The number of halogens is 1. The molecule has 1 aromatic carbocycles. The predicted molar refractivity (Wildman–Crippen MR) is 114 cm³/mol. The van der Waals surface area contributed by atoms with Gasteiger partial charge in [-0.1, -0.05) is 24.3 Å². The summed E-state index contributed by atoms with van der Waals surface area (Å²) in [6, 6.07) is 12.8. The van der Waals surface area contributed by atoms with Crippen LogP contribution >= 0.6 is 0 Å². The Morgan fingerprint density at radius 3 is 2.62 bits per heavy atom. The van der Waals surface area contributed by atoms with E-state index in [2.05, 4.69) is 25.7 Å². The Balaban J connectivity index is 1.59. The van der Waals surface area contributed by atoms with Gasteiger partial charge in [-0.25, -0.2) is 19.0 Å². The van der Waals surface area contributed by atoms with Gasteiger partial charge in [-0.3, -0.25) is 0 Å². The number of hydrogen-bond donors (Lipinski definition) is 2. The number of aromatic nitrogens is 3. The van der Waals surface area contributed by atoms with E-state index in [1.807, 2.05) is 55.9 Å². The van der Waals surface area contributed by atoms with Crippen molar-refractivity contribution < 1.29 is 4.39 Å². The second kappa shape index (κ2) is 9.82. The minimum Gasteiger partial charge on any atom is -0.357 e. The normalized spacial score (nSPS) is 11.5. The van der Waals surface area contributed by atoms with Crippen LogP contribution < -0.4 is 10.6 Å². The lowest BCUT2D eigenvalue weighted by molar-refractivity contribution is 0.606. The summed E-state index contributed by atoms with van der Waals surface area (Å²) in [7, 11) is 0. The van der Waals surface area contributed by atoms with Gasteiger partial charge in [0.1, 0.15) is 5.82 Å². The third-order valence-corrected chi connectivity index (χ3v) is 4.44. The number of pyridine rings is 1. The first-order valence-corrected chi connectivity index (χ1v) is 9.81. The average Bonchev–Trinajstić information content (AvgIpc) is 3.06. The van der Waals surface area contributed by atoms with E-state index in [-0.39, 0.29) is 5.82 Å². The molecule has 6 nitrogen and oxygen atoms in total. The minimum absolute atomic E-state index is 0.176. The van der Waals surface area contributed by atoms with Crippen molar-refractivity contribution in [2.24, 2.45) is 4.99 Å². The van der Waals surface area contributed by atoms with Crippen molar-refractivity contribution in [3.8, 4) is 5.82 Å². The number of rotatable bonds is 7. The molecule has 0 aliphatic rings. The van der Waals surface area contributed by atoms with E-state index >= 15 is 0 Å². The molecule has 2 N–H and O–H groups in total. The van der Waals surface area contributed by atoms with Crippen molar-refractivity contribution in [2.75, 3.05) is 13.1 Å². The van der Waals surface area contributed by atoms with Crippen LogP contribution in [0.2, 0.25) is 0 Å². The second-order valence-electron chi connectivity index (χ2n) is 6.83. The van der Waals surface area contributed by atoms with E-state index in [1.165, 1.54) is 6.07 Å². The van der Waals surface area contributed by atoms with Crippen LogP contribution in [-0.2, 0) is 13.0 Å². The van der Waals surface area contributed by atoms with Gasteiger partial charge in [0.2, 0.25) is 0 Å². The molecule has 2 heterocycles. The topological polar surface area (TPSA) is 67.1 Å². The molecule has 3 aromatic rings. The number of nitrogens with one attached hydrogen (secondary N) is 2. The van der Waals surface area contributed by atoms with E-state index in [4.69, 9.17) is 0 Å². The standard InChI is InChI=1S/C22H27FN6/c1-4-24-22(25-12-11-19-7-5-6-8-20(19)23)27-15-18-9-10-21(26-14-18)29-17(3)13-16(2)28-29/h5-10,13-14H,4,11-12,15H2,1-3H3,(H2,24,25,27). The van der Waals surface area contributed by atoms with E-state index in [1.54, 1.807) is 12.1 Å². The van der Waals surface area contributed by atoms with E-state index in [0.717, 1.165) is 29.3 Å². The molecule has 0 saturated heterocycles. The molecule has 0 amide bonds. The van der Waals surface area contributed by atoms with Crippen LogP contribution in [0.15, 0.2) is 53.7 Å². The number of aliphatic imine (C=N–C) groups is 1. The summed E-state index contributed by atoms with van der Waals surface area (Å²) in [5.74, 6) is 1.31. The third kappa shape index (κ3) is 5.63. The lowest BCUT2D eigenvalue weighted by Crippen LogP contribution is -2.38. The van der Waals surface area contributed by atoms with Crippen LogP contribution in [0.25, 0.3) is 5.82 Å². The Hall–Kier alpha value is -3.22. The maximum Gasteiger partial charge on any atom is 0.191 e.